The van der Waals surface area contributed by atoms with Crippen molar-refractivity contribution in [3.05, 3.63) is 58.1 Å². The topological polar surface area (TPSA) is 41.1 Å². The Labute approximate surface area is 129 Å². The molecule has 2 rings (SSSR count). The summed E-state index contributed by atoms with van der Waals surface area (Å²) in [6, 6.07) is 8.23. The molecular weight excluding hydrogens is 321 g/mol. The second-order valence-corrected chi connectivity index (χ2v) is 4.95. The van der Waals surface area contributed by atoms with Gasteiger partial charge >= 0.3 is 0 Å². The molecule has 0 bridgehead atoms. The molecule has 2 aromatic carbocycles. The van der Waals surface area contributed by atoms with E-state index in [1.54, 1.807) is 6.07 Å². The van der Waals surface area contributed by atoms with Gasteiger partial charge in [-0.1, -0.05) is 29.3 Å². The zero-order valence-electron chi connectivity index (χ0n) is 10.6. The fourth-order valence-corrected chi connectivity index (χ4v) is 1.95. The number of halogens is 4. The van der Waals surface area contributed by atoms with Crippen molar-refractivity contribution >= 4 is 40.5 Å². The van der Waals surface area contributed by atoms with E-state index in [0.29, 0.717) is 5.69 Å². The van der Waals surface area contributed by atoms with Crippen LogP contribution in [0, 0.1) is 11.6 Å². The van der Waals surface area contributed by atoms with E-state index < -0.39 is 17.5 Å². The van der Waals surface area contributed by atoms with Crippen LogP contribution in [0.2, 0.25) is 10.0 Å². The Morgan fingerprint density at radius 2 is 1.86 bits per heavy atom. The highest BCUT2D eigenvalue weighted by atomic mass is 35.5. The van der Waals surface area contributed by atoms with E-state index in [4.69, 9.17) is 23.2 Å². The maximum absolute atomic E-state index is 13.6. The van der Waals surface area contributed by atoms with Crippen LogP contribution < -0.4 is 10.6 Å². The van der Waals surface area contributed by atoms with E-state index in [9.17, 15) is 13.6 Å². The maximum atomic E-state index is 13.6. The summed E-state index contributed by atoms with van der Waals surface area (Å²) in [4.78, 5) is 11.7. The number of anilines is 2. The zero-order chi connectivity index (χ0) is 15.4. The lowest BCUT2D eigenvalue weighted by Crippen LogP contribution is -2.22. The highest BCUT2D eigenvalue weighted by Crippen LogP contribution is 2.22. The minimum Gasteiger partial charge on any atom is -0.374 e. The number of hydrogen-bond donors (Lipinski definition) is 2. The number of carbonyl (C=O) groups is 1. The summed E-state index contributed by atoms with van der Waals surface area (Å²) in [5.74, 6) is -1.64. The quantitative estimate of drug-likeness (QED) is 0.876. The first-order valence-corrected chi connectivity index (χ1v) is 6.66. The third-order valence-corrected chi connectivity index (χ3v) is 3.18. The molecule has 7 heteroatoms. The number of benzene rings is 2. The van der Waals surface area contributed by atoms with Gasteiger partial charge in [-0.3, -0.25) is 4.79 Å². The molecule has 0 aliphatic heterocycles. The van der Waals surface area contributed by atoms with Crippen LogP contribution in [-0.2, 0) is 4.79 Å². The van der Waals surface area contributed by atoms with Crippen LogP contribution in [0.5, 0.6) is 0 Å². The van der Waals surface area contributed by atoms with E-state index in [1.807, 2.05) is 0 Å². The summed E-state index contributed by atoms with van der Waals surface area (Å²) in [6.07, 6.45) is 0. The van der Waals surface area contributed by atoms with Gasteiger partial charge in [0.25, 0.3) is 0 Å². The molecule has 0 unspecified atom stereocenters. The number of nitrogens with one attached hydrogen (secondary N) is 2. The molecule has 2 N–H and O–H groups in total. The van der Waals surface area contributed by atoms with Crippen LogP contribution in [0.1, 0.15) is 0 Å². The lowest BCUT2D eigenvalue weighted by molar-refractivity contribution is -0.114. The van der Waals surface area contributed by atoms with Crippen LogP contribution in [0.25, 0.3) is 0 Å². The van der Waals surface area contributed by atoms with Crippen molar-refractivity contribution in [2.24, 2.45) is 0 Å². The van der Waals surface area contributed by atoms with Gasteiger partial charge < -0.3 is 10.6 Å². The standard InChI is InChI=1S/C14H10Cl2F2N2O/c15-9-2-1-3-12(14(9)18)19-7-13(21)20-8-4-5-11(17)10(16)6-8/h1-6,19H,7H2,(H,20,21). The third kappa shape index (κ3) is 4.06. The van der Waals surface area contributed by atoms with Crippen molar-refractivity contribution in [1.82, 2.24) is 0 Å². The first-order chi connectivity index (χ1) is 9.97. The Balaban J connectivity index is 1.96. The predicted octanol–water partition coefficient (Wildman–Crippen LogP) is 4.32. The summed E-state index contributed by atoms with van der Waals surface area (Å²) < 4.78 is 26.6. The van der Waals surface area contributed by atoms with Gasteiger partial charge in [0, 0.05) is 5.69 Å². The van der Waals surface area contributed by atoms with Crippen molar-refractivity contribution in [2.75, 3.05) is 17.2 Å². The SMILES string of the molecule is O=C(CNc1cccc(Cl)c1F)Nc1ccc(F)c(Cl)c1. The van der Waals surface area contributed by atoms with E-state index in [2.05, 4.69) is 10.6 Å². The summed E-state index contributed by atoms with van der Waals surface area (Å²) in [6.45, 7) is -0.174. The van der Waals surface area contributed by atoms with Gasteiger partial charge in [0.15, 0.2) is 5.82 Å². The second-order valence-electron chi connectivity index (χ2n) is 4.13. The average Bonchev–Trinajstić information content (AvgIpc) is 2.44. The van der Waals surface area contributed by atoms with Gasteiger partial charge in [-0.2, -0.15) is 0 Å². The van der Waals surface area contributed by atoms with Gasteiger partial charge in [0.05, 0.1) is 22.3 Å². The largest absolute Gasteiger partial charge is 0.374 e. The van der Waals surface area contributed by atoms with Crippen molar-refractivity contribution in [1.29, 1.82) is 0 Å². The third-order valence-electron chi connectivity index (χ3n) is 2.59. The Morgan fingerprint density at radius 3 is 2.57 bits per heavy atom. The number of amides is 1. The first-order valence-electron chi connectivity index (χ1n) is 5.90. The number of carbonyl (C=O) groups excluding carboxylic acids is 1. The Hall–Kier alpha value is -1.85. The molecule has 0 heterocycles. The molecule has 1 amide bonds. The molecule has 0 saturated carbocycles. The van der Waals surface area contributed by atoms with E-state index in [1.165, 1.54) is 24.3 Å². The monoisotopic (exact) mass is 330 g/mol. The fraction of sp³-hybridized carbons (Fsp3) is 0.0714. The molecule has 21 heavy (non-hydrogen) atoms. The highest BCUT2D eigenvalue weighted by molar-refractivity contribution is 6.31. The molecule has 0 spiro atoms. The van der Waals surface area contributed by atoms with Crippen molar-refractivity contribution < 1.29 is 13.6 Å². The summed E-state index contributed by atoms with van der Waals surface area (Å²) in [7, 11) is 0. The Morgan fingerprint density at radius 1 is 1.10 bits per heavy atom. The first kappa shape index (κ1) is 15.5. The van der Waals surface area contributed by atoms with Gasteiger partial charge in [-0.15, -0.1) is 0 Å². The molecule has 110 valence electrons. The molecule has 0 aliphatic rings. The van der Waals surface area contributed by atoms with E-state index in [0.717, 1.165) is 6.07 Å². The number of hydrogen-bond acceptors (Lipinski definition) is 2. The normalized spacial score (nSPS) is 10.3. The lowest BCUT2D eigenvalue weighted by Gasteiger charge is -2.09. The molecule has 0 aromatic heterocycles. The highest BCUT2D eigenvalue weighted by Gasteiger charge is 2.09. The second kappa shape index (κ2) is 6.74. The lowest BCUT2D eigenvalue weighted by atomic mass is 10.3. The van der Waals surface area contributed by atoms with Crippen molar-refractivity contribution in [2.45, 2.75) is 0 Å². The van der Waals surface area contributed by atoms with Crippen molar-refractivity contribution in [3.63, 3.8) is 0 Å². The minimum atomic E-state index is -0.628. The van der Waals surface area contributed by atoms with Gasteiger partial charge in [0.1, 0.15) is 5.82 Å². The summed E-state index contributed by atoms with van der Waals surface area (Å²) in [5.41, 5.74) is 0.467. The molecule has 0 fully saturated rings. The minimum absolute atomic E-state index is 0.0364. The van der Waals surface area contributed by atoms with Crippen LogP contribution >= 0.6 is 23.2 Å². The van der Waals surface area contributed by atoms with Gasteiger partial charge in [-0.25, -0.2) is 8.78 Å². The predicted molar refractivity (Wildman–Crippen MR) is 79.9 cm³/mol. The molecule has 3 nitrogen and oxygen atoms in total. The van der Waals surface area contributed by atoms with Crippen LogP contribution in [-0.4, -0.2) is 12.5 Å². The number of rotatable bonds is 4. The molecule has 0 aliphatic carbocycles. The van der Waals surface area contributed by atoms with Gasteiger partial charge in [-0.05, 0) is 30.3 Å². The summed E-state index contributed by atoms with van der Waals surface area (Å²) in [5, 5.41) is 5.00. The molecule has 0 saturated heterocycles. The molecule has 2 aromatic rings. The molecule has 0 atom stereocenters. The molecule has 0 radical (unpaired) electrons. The Bertz CT molecular complexity index is 680. The van der Waals surface area contributed by atoms with Crippen LogP contribution in [0.15, 0.2) is 36.4 Å². The maximum Gasteiger partial charge on any atom is 0.243 e. The van der Waals surface area contributed by atoms with E-state index in [-0.39, 0.29) is 22.3 Å². The average molecular weight is 331 g/mol. The smallest absolute Gasteiger partial charge is 0.243 e. The van der Waals surface area contributed by atoms with Crippen LogP contribution in [0.3, 0.4) is 0 Å². The fourth-order valence-electron chi connectivity index (χ4n) is 1.59. The van der Waals surface area contributed by atoms with Crippen molar-refractivity contribution in [3.8, 4) is 0 Å². The molecular formula is C14H10Cl2F2N2O. The van der Waals surface area contributed by atoms with Gasteiger partial charge in [0.2, 0.25) is 5.91 Å². The Kier molecular flexibility index (Phi) is 4.98. The summed E-state index contributed by atoms with van der Waals surface area (Å²) >= 11 is 11.2. The zero-order valence-corrected chi connectivity index (χ0v) is 12.1. The van der Waals surface area contributed by atoms with Crippen LogP contribution in [0.4, 0.5) is 20.2 Å². The van der Waals surface area contributed by atoms with E-state index >= 15 is 0 Å².